The van der Waals surface area contributed by atoms with Gasteiger partial charge in [0.1, 0.15) is 6.10 Å². The molecule has 58 heavy (non-hydrogen) atoms. The van der Waals surface area contributed by atoms with Crippen LogP contribution in [0.1, 0.15) is 227 Å². The third-order valence-corrected chi connectivity index (χ3v) is 11.0. The Morgan fingerprint density at radius 3 is 1.34 bits per heavy atom. The van der Waals surface area contributed by atoms with Crippen LogP contribution in [0, 0.1) is 5.92 Å². The van der Waals surface area contributed by atoms with Crippen LogP contribution < -0.4 is 0 Å². The summed E-state index contributed by atoms with van der Waals surface area (Å²) < 4.78 is 27.9. The Bertz CT molecular complexity index is 927. The van der Waals surface area contributed by atoms with E-state index in [4.69, 9.17) is 23.7 Å². The third kappa shape index (κ3) is 37.9. The zero-order chi connectivity index (χ0) is 42.7. The minimum Gasteiger partial charge on any atom is -0.466 e. The van der Waals surface area contributed by atoms with E-state index in [1.165, 1.54) is 64.2 Å². The first kappa shape index (κ1) is 55.6. The van der Waals surface area contributed by atoms with Crippen molar-refractivity contribution in [3.63, 3.8) is 0 Å². The predicted octanol–water partition coefficient (Wildman–Crippen LogP) is 12.9. The highest BCUT2D eigenvalue weighted by Crippen LogP contribution is 2.17. The Morgan fingerprint density at radius 1 is 0.414 bits per heavy atom. The topological polar surface area (TPSA) is 118 Å². The maximum Gasteiger partial charge on any atom is 0.508 e. The Balaban J connectivity index is 4.80. The van der Waals surface area contributed by atoms with Crippen molar-refractivity contribution in [1.29, 1.82) is 0 Å². The molecule has 0 aromatic heterocycles. The smallest absolute Gasteiger partial charge is 0.466 e. The third-order valence-electron chi connectivity index (χ3n) is 11.0. The molecule has 0 aromatic rings. The summed E-state index contributed by atoms with van der Waals surface area (Å²) in [6.07, 6.45) is 27.9. The lowest BCUT2D eigenvalue weighted by Gasteiger charge is -2.19. The van der Waals surface area contributed by atoms with Crippen molar-refractivity contribution in [3.05, 3.63) is 0 Å². The number of hydrogen-bond donors (Lipinski definition) is 0. The summed E-state index contributed by atoms with van der Waals surface area (Å²) in [5, 5.41) is 0. The van der Waals surface area contributed by atoms with Gasteiger partial charge in [0, 0.05) is 31.6 Å². The largest absolute Gasteiger partial charge is 0.508 e. The van der Waals surface area contributed by atoms with Gasteiger partial charge in [-0.2, -0.15) is 0 Å². The van der Waals surface area contributed by atoms with Crippen molar-refractivity contribution in [2.24, 2.45) is 5.92 Å². The molecule has 0 heterocycles. The highest BCUT2D eigenvalue weighted by atomic mass is 16.7. The van der Waals surface area contributed by atoms with Crippen LogP contribution in [0.25, 0.3) is 0 Å². The highest BCUT2D eigenvalue weighted by Gasteiger charge is 2.18. The second kappa shape index (κ2) is 42.8. The molecule has 0 spiro atoms. The average Bonchev–Trinajstić information content (AvgIpc) is 3.21. The van der Waals surface area contributed by atoms with Crippen molar-refractivity contribution in [1.82, 2.24) is 4.90 Å². The minimum atomic E-state index is -0.642. The fourth-order valence-electron chi connectivity index (χ4n) is 7.03. The number of ether oxygens (including phenoxy) is 5. The van der Waals surface area contributed by atoms with Crippen molar-refractivity contribution in [2.75, 3.05) is 46.1 Å². The van der Waals surface area contributed by atoms with Crippen LogP contribution in [-0.4, -0.2) is 81.1 Å². The maximum atomic E-state index is 12.7. The maximum absolute atomic E-state index is 12.7. The van der Waals surface area contributed by atoms with E-state index in [0.29, 0.717) is 45.1 Å². The van der Waals surface area contributed by atoms with Gasteiger partial charge in [0.25, 0.3) is 0 Å². The highest BCUT2D eigenvalue weighted by molar-refractivity contribution is 5.70. The zero-order valence-corrected chi connectivity index (χ0v) is 38.4. The van der Waals surface area contributed by atoms with E-state index in [1.807, 2.05) is 0 Å². The van der Waals surface area contributed by atoms with Crippen LogP contribution in [0.3, 0.4) is 0 Å². The van der Waals surface area contributed by atoms with E-state index in [9.17, 15) is 19.2 Å². The van der Waals surface area contributed by atoms with Gasteiger partial charge in [-0.3, -0.25) is 14.4 Å². The second-order valence-electron chi connectivity index (χ2n) is 16.4. The quantitative estimate of drug-likeness (QED) is 0.0334. The monoisotopic (exact) mass is 826 g/mol. The summed E-state index contributed by atoms with van der Waals surface area (Å²) in [4.78, 5) is 52.4. The molecule has 1 atom stereocenters. The summed E-state index contributed by atoms with van der Waals surface area (Å²) in [5.74, 6) is -0.812. The van der Waals surface area contributed by atoms with Gasteiger partial charge >= 0.3 is 24.1 Å². The van der Waals surface area contributed by atoms with Crippen LogP contribution in [0.4, 0.5) is 4.79 Å². The first-order chi connectivity index (χ1) is 28.3. The fraction of sp³-hybridized carbons (Fsp3) is 0.917. The van der Waals surface area contributed by atoms with Crippen LogP contribution in [-0.2, 0) is 38.1 Å². The molecule has 0 bridgehead atoms. The van der Waals surface area contributed by atoms with E-state index < -0.39 is 6.16 Å². The number of carbonyl (C=O) groups is 4. The molecule has 0 saturated carbocycles. The second-order valence-corrected chi connectivity index (χ2v) is 16.4. The van der Waals surface area contributed by atoms with Crippen LogP contribution >= 0.6 is 0 Å². The van der Waals surface area contributed by atoms with Crippen molar-refractivity contribution in [2.45, 2.75) is 233 Å². The van der Waals surface area contributed by atoms with E-state index in [-0.39, 0.29) is 56.2 Å². The number of nitrogens with zero attached hydrogens (tertiary/aromatic N) is 1. The molecule has 0 rings (SSSR count). The van der Waals surface area contributed by atoms with Crippen LogP contribution in [0.2, 0.25) is 0 Å². The molecule has 0 radical (unpaired) electrons. The number of rotatable bonds is 43. The van der Waals surface area contributed by atoms with Gasteiger partial charge in [-0.15, -0.1) is 0 Å². The Morgan fingerprint density at radius 2 is 0.845 bits per heavy atom. The van der Waals surface area contributed by atoms with Crippen LogP contribution in [0.5, 0.6) is 0 Å². The molecule has 0 aliphatic rings. The molecule has 10 nitrogen and oxygen atoms in total. The van der Waals surface area contributed by atoms with Gasteiger partial charge in [-0.05, 0) is 71.0 Å². The lowest BCUT2D eigenvalue weighted by atomic mass is 10.0. The summed E-state index contributed by atoms with van der Waals surface area (Å²) >= 11 is 0. The summed E-state index contributed by atoms with van der Waals surface area (Å²) in [6.45, 7) is 14.8. The van der Waals surface area contributed by atoms with Gasteiger partial charge in [-0.25, -0.2) is 4.79 Å². The standard InChI is InChI=1S/C48H91NO9/c1-6-11-14-17-18-19-20-21-24-25-33-44(58-48(53)55-39-31-30-38-49(9-4)10-5)37-40-54-45(50)36-29-28-32-43(41-56-46(51)34-26-22-15-12-7-2)42-57-47(52)35-27-23-16-13-8-3/h43-44H,6-42H2,1-5H3. The zero-order valence-electron chi connectivity index (χ0n) is 38.4. The van der Waals surface area contributed by atoms with Crippen molar-refractivity contribution in [3.8, 4) is 0 Å². The summed E-state index contributed by atoms with van der Waals surface area (Å²) in [5.41, 5.74) is 0. The molecular formula is C48H91NO9. The van der Waals surface area contributed by atoms with Gasteiger partial charge in [-0.1, -0.05) is 150 Å². The Hall–Kier alpha value is -2.36. The summed E-state index contributed by atoms with van der Waals surface area (Å²) in [7, 11) is 0. The Kier molecular flexibility index (Phi) is 41.0. The van der Waals surface area contributed by atoms with E-state index >= 15 is 0 Å². The fourth-order valence-corrected chi connectivity index (χ4v) is 7.03. The van der Waals surface area contributed by atoms with Gasteiger partial charge in [0.2, 0.25) is 0 Å². The molecule has 0 fully saturated rings. The average molecular weight is 826 g/mol. The SMILES string of the molecule is CCCCCCCCCCCCC(CCOC(=O)CCCCC(COC(=O)CCCCCCC)COC(=O)CCCCCCC)OC(=O)OCCCCN(CC)CC. The number of carbonyl (C=O) groups excluding carboxylic acids is 4. The number of esters is 3. The minimum absolute atomic E-state index is 0.116. The van der Waals surface area contributed by atoms with E-state index in [1.54, 1.807) is 0 Å². The molecule has 0 aliphatic carbocycles. The van der Waals surface area contributed by atoms with E-state index in [0.717, 1.165) is 103 Å². The Labute approximate surface area is 356 Å². The van der Waals surface area contributed by atoms with Gasteiger partial charge in [0.15, 0.2) is 0 Å². The molecule has 0 aromatic carbocycles. The molecule has 0 saturated heterocycles. The molecule has 1 unspecified atom stereocenters. The molecule has 0 amide bonds. The van der Waals surface area contributed by atoms with Gasteiger partial charge < -0.3 is 28.6 Å². The lowest BCUT2D eigenvalue weighted by Crippen LogP contribution is -2.24. The summed E-state index contributed by atoms with van der Waals surface area (Å²) in [6, 6.07) is 0. The lowest BCUT2D eigenvalue weighted by molar-refractivity contribution is -0.149. The van der Waals surface area contributed by atoms with E-state index in [2.05, 4.69) is 39.5 Å². The molecular weight excluding hydrogens is 735 g/mol. The number of hydrogen-bond acceptors (Lipinski definition) is 10. The molecule has 342 valence electrons. The van der Waals surface area contributed by atoms with Crippen molar-refractivity contribution >= 4 is 24.1 Å². The van der Waals surface area contributed by atoms with Crippen LogP contribution in [0.15, 0.2) is 0 Å². The first-order valence-corrected chi connectivity index (χ1v) is 24.3. The molecule has 0 N–H and O–H groups in total. The molecule has 0 aliphatic heterocycles. The normalized spacial score (nSPS) is 11.8. The van der Waals surface area contributed by atoms with Gasteiger partial charge in [0.05, 0.1) is 26.4 Å². The first-order valence-electron chi connectivity index (χ1n) is 24.3. The van der Waals surface area contributed by atoms with Crippen molar-refractivity contribution < 1.29 is 42.9 Å². The predicted molar refractivity (Wildman–Crippen MR) is 236 cm³/mol. The molecule has 10 heteroatoms. The number of unbranched alkanes of at least 4 members (excludes halogenated alkanes) is 19.